The molecule has 0 radical (unpaired) electrons. The van der Waals surface area contributed by atoms with Crippen molar-refractivity contribution < 1.29 is 14.6 Å². The number of hydrogen-bond donors (Lipinski definition) is 1. The molecule has 0 saturated heterocycles. The summed E-state index contributed by atoms with van der Waals surface area (Å²) in [6, 6.07) is 4.45. The SMILES string of the molecule is CCCC(C)(C)c1cc(OC)c2c(c1)OC(C)(C)[C@@H]1CC=C(CO)C[C@@H]21. The molecule has 0 unspecified atom stereocenters. The van der Waals surface area contributed by atoms with E-state index in [2.05, 4.69) is 52.8 Å². The highest BCUT2D eigenvalue weighted by Crippen LogP contribution is 2.55. The molecule has 1 aliphatic heterocycles. The van der Waals surface area contributed by atoms with Crippen LogP contribution < -0.4 is 9.47 Å². The van der Waals surface area contributed by atoms with E-state index in [1.807, 2.05) is 0 Å². The number of benzene rings is 1. The minimum Gasteiger partial charge on any atom is -0.496 e. The zero-order valence-corrected chi connectivity index (χ0v) is 17.2. The van der Waals surface area contributed by atoms with Gasteiger partial charge >= 0.3 is 0 Å². The summed E-state index contributed by atoms with van der Waals surface area (Å²) in [5.74, 6) is 2.63. The maximum atomic E-state index is 9.66. The molecule has 3 nitrogen and oxygen atoms in total. The van der Waals surface area contributed by atoms with E-state index in [4.69, 9.17) is 9.47 Å². The molecule has 26 heavy (non-hydrogen) atoms. The number of allylic oxidation sites excluding steroid dienone is 1. The van der Waals surface area contributed by atoms with E-state index in [1.165, 1.54) is 11.1 Å². The largest absolute Gasteiger partial charge is 0.496 e. The maximum absolute atomic E-state index is 9.66. The molecule has 0 bridgehead atoms. The standard InChI is InChI=1S/C23H34O3/c1-7-10-22(2,3)16-12-19(25-6)21-17-11-15(14-24)8-9-18(17)23(4,5)26-20(21)13-16/h8,12-13,17-18,24H,7,9-11,14H2,1-6H3/t17-,18-/m1/s1. The summed E-state index contributed by atoms with van der Waals surface area (Å²) in [6.45, 7) is 11.4. The van der Waals surface area contributed by atoms with Crippen LogP contribution in [0.1, 0.15) is 77.3 Å². The van der Waals surface area contributed by atoms with Crippen molar-refractivity contribution in [1.82, 2.24) is 0 Å². The zero-order valence-electron chi connectivity index (χ0n) is 17.2. The lowest BCUT2D eigenvalue weighted by molar-refractivity contribution is 0.00659. The van der Waals surface area contributed by atoms with Gasteiger partial charge < -0.3 is 14.6 Å². The Kier molecular flexibility index (Phi) is 5.13. The van der Waals surface area contributed by atoms with Crippen LogP contribution in [0.2, 0.25) is 0 Å². The Bertz CT molecular complexity index is 700. The van der Waals surface area contributed by atoms with E-state index >= 15 is 0 Å². The Balaban J connectivity index is 2.13. The van der Waals surface area contributed by atoms with Crippen LogP contribution in [0.25, 0.3) is 0 Å². The van der Waals surface area contributed by atoms with Gasteiger partial charge in [-0.15, -0.1) is 0 Å². The molecule has 1 heterocycles. The lowest BCUT2D eigenvalue weighted by Gasteiger charge is -2.47. The summed E-state index contributed by atoms with van der Waals surface area (Å²) in [7, 11) is 1.76. The lowest BCUT2D eigenvalue weighted by Crippen LogP contribution is -2.45. The van der Waals surface area contributed by atoms with Gasteiger partial charge in [0.15, 0.2) is 0 Å². The lowest BCUT2D eigenvalue weighted by atomic mass is 9.66. The fourth-order valence-corrected chi connectivity index (χ4v) is 4.91. The molecule has 1 aliphatic carbocycles. The Morgan fingerprint density at radius 3 is 2.65 bits per heavy atom. The number of ether oxygens (including phenoxy) is 2. The highest BCUT2D eigenvalue weighted by Gasteiger charge is 2.46. The molecule has 0 fully saturated rings. The van der Waals surface area contributed by atoms with Gasteiger partial charge in [-0.1, -0.05) is 33.3 Å². The Morgan fingerprint density at radius 2 is 2.04 bits per heavy atom. The topological polar surface area (TPSA) is 38.7 Å². The zero-order chi connectivity index (χ0) is 19.1. The van der Waals surface area contributed by atoms with Gasteiger partial charge in [0.1, 0.15) is 17.1 Å². The summed E-state index contributed by atoms with van der Waals surface area (Å²) in [4.78, 5) is 0. The van der Waals surface area contributed by atoms with Crippen LogP contribution in [0.5, 0.6) is 11.5 Å². The van der Waals surface area contributed by atoms with Crippen molar-refractivity contribution in [3.63, 3.8) is 0 Å². The monoisotopic (exact) mass is 358 g/mol. The fraction of sp³-hybridized carbons (Fsp3) is 0.652. The molecule has 0 aromatic heterocycles. The number of aliphatic hydroxyl groups is 1. The molecule has 2 aliphatic rings. The van der Waals surface area contributed by atoms with E-state index in [1.54, 1.807) is 7.11 Å². The first-order chi connectivity index (χ1) is 12.2. The van der Waals surface area contributed by atoms with Gasteiger partial charge in [0.25, 0.3) is 0 Å². The Hall–Kier alpha value is -1.48. The third-order valence-electron chi connectivity index (χ3n) is 6.45. The quantitative estimate of drug-likeness (QED) is 0.721. The molecule has 1 aromatic rings. The van der Waals surface area contributed by atoms with Crippen molar-refractivity contribution >= 4 is 0 Å². The number of fused-ring (bicyclic) bond motifs is 3. The van der Waals surface area contributed by atoms with Gasteiger partial charge in [-0.25, -0.2) is 0 Å². The molecule has 1 N–H and O–H groups in total. The predicted molar refractivity (Wildman–Crippen MR) is 106 cm³/mol. The summed E-state index contributed by atoms with van der Waals surface area (Å²) < 4.78 is 12.4. The van der Waals surface area contributed by atoms with E-state index in [0.29, 0.717) is 11.8 Å². The molecule has 2 atom stereocenters. The number of aliphatic hydroxyl groups excluding tert-OH is 1. The van der Waals surface area contributed by atoms with E-state index in [-0.39, 0.29) is 17.6 Å². The minimum atomic E-state index is -0.228. The first kappa shape index (κ1) is 19.3. The minimum absolute atomic E-state index is 0.0874. The third-order valence-corrected chi connectivity index (χ3v) is 6.45. The molecule has 0 amide bonds. The van der Waals surface area contributed by atoms with Crippen molar-refractivity contribution in [2.75, 3.05) is 13.7 Å². The molecule has 3 rings (SSSR count). The van der Waals surface area contributed by atoms with Crippen LogP contribution in [-0.4, -0.2) is 24.4 Å². The van der Waals surface area contributed by atoms with Gasteiger partial charge in [-0.3, -0.25) is 0 Å². The Labute approximate surface area is 158 Å². The molecule has 144 valence electrons. The number of methoxy groups -OCH3 is 1. The van der Waals surface area contributed by atoms with E-state index < -0.39 is 0 Å². The normalized spacial score (nSPS) is 24.2. The molecular weight excluding hydrogens is 324 g/mol. The van der Waals surface area contributed by atoms with Crippen molar-refractivity contribution in [2.24, 2.45) is 5.92 Å². The summed E-state index contributed by atoms with van der Waals surface area (Å²) in [5.41, 5.74) is 3.45. The van der Waals surface area contributed by atoms with Gasteiger partial charge in [0.05, 0.1) is 13.7 Å². The van der Waals surface area contributed by atoms with Crippen LogP contribution in [0.3, 0.4) is 0 Å². The van der Waals surface area contributed by atoms with Crippen molar-refractivity contribution in [3.05, 3.63) is 34.9 Å². The predicted octanol–water partition coefficient (Wildman–Crippen LogP) is 5.36. The second-order valence-corrected chi connectivity index (χ2v) is 9.10. The second kappa shape index (κ2) is 6.92. The smallest absolute Gasteiger partial charge is 0.127 e. The van der Waals surface area contributed by atoms with Crippen LogP contribution in [0.15, 0.2) is 23.8 Å². The fourth-order valence-electron chi connectivity index (χ4n) is 4.91. The van der Waals surface area contributed by atoms with Crippen LogP contribution in [0, 0.1) is 5.92 Å². The Morgan fingerprint density at radius 1 is 1.31 bits per heavy atom. The van der Waals surface area contributed by atoms with Crippen molar-refractivity contribution in [3.8, 4) is 11.5 Å². The maximum Gasteiger partial charge on any atom is 0.127 e. The first-order valence-electron chi connectivity index (χ1n) is 9.93. The number of hydrogen-bond acceptors (Lipinski definition) is 3. The van der Waals surface area contributed by atoms with Crippen LogP contribution in [-0.2, 0) is 5.41 Å². The van der Waals surface area contributed by atoms with Gasteiger partial charge in [-0.05, 0) is 61.8 Å². The molecule has 0 spiro atoms. The number of rotatable bonds is 5. The van der Waals surface area contributed by atoms with E-state index in [0.717, 1.165) is 42.8 Å². The summed E-state index contributed by atoms with van der Waals surface area (Å²) >= 11 is 0. The van der Waals surface area contributed by atoms with Gasteiger partial charge in [-0.2, -0.15) is 0 Å². The average molecular weight is 359 g/mol. The summed E-state index contributed by atoms with van der Waals surface area (Å²) in [6.07, 6.45) is 6.30. The molecule has 0 saturated carbocycles. The highest BCUT2D eigenvalue weighted by molar-refractivity contribution is 5.54. The average Bonchev–Trinajstić information content (AvgIpc) is 2.59. The van der Waals surface area contributed by atoms with Crippen LogP contribution in [0.4, 0.5) is 0 Å². The van der Waals surface area contributed by atoms with Gasteiger partial charge in [0, 0.05) is 17.4 Å². The summed E-state index contributed by atoms with van der Waals surface area (Å²) in [5, 5.41) is 9.66. The second-order valence-electron chi connectivity index (χ2n) is 9.10. The van der Waals surface area contributed by atoms with Crippen molar-refractivity contribution in [2.45, 2.75) is 77.2 Å². The van der Waals surface area contributed by atoms with Gasteiger partial charge in [0.2, 0.25) is 0 Å². The highest BCUT2D eigenvalue weighted by atomic mass is 16.5. The molecule has 1 aromatic carbocycles. The van der Waals surface area contributed by atoms with Crippen LogP contribution >= 0.6 is 0 Å². The third kappa shape index (κ3) is 3.26. The van der Waals surface area contributed by atoms with Crippen molar-refractivity contribution in [1.29, 1.82) is 0 Å². The first-order valence-corrected chi connectivity index (χ1v) is 9.93. The molecule has 3 heteroatoms. The molecular formula is C23H34O3. The van der Waals surface area contributed by atoms with E-state index in [9.17, 15) is 5.11 Å².